The van der Waals surface area contributed by atoms with Gasteiger partial charge in [-0.15, -0.1) is 6.58 Å². The van der Waals surface area contributed by atoms with Crippen LogP contribution in [0.25, 0.3) is 0 Å². The van der Waals surface area contributed by atoms with Crippen LogP contribution in [0.3, 0.4) is 0 Å². The summed E-state index contributed by atoms with van der Waals surface area (Å²) in [5.74, 6) is -1.19. The summed E-state index contributed by atoms with van der Waals surface area (Å²) >= 11 is 0. The van der Waals surface area contributed by atoms with Crippen molar-refractivity contribution in [2.24, 2.45) is 0 Å². The molecule has 0 saturated carbocycles. The van der Waals surface area contributed by atoms with Crippen molar-refractivity contribution in [1.29, 1.82) is 0 Å². The van der Waals surface area contributed by atoms with Gasteiger partial charge in [-0.3, -0.25) is 14.5 Å². The van der Waals surface area contributed by atoms with Crippen molar-refractivity contribution in [1.82, 2.24) is 20.4 Å². The fourth-order valence-corrected chi connectivity index (χ4v) is 5.20. The van der Waals surface area contributed by atoms with Gasteiger partial charge in [-0.25, -0.2) is 9.18 Å². The number of amides is 4. The minimum absolute atomic E-state index is 0.0498. The highest BCUT2D eigenvalue weighted by Crippen LogP contribution is 2.39. The first-order chi connectivity index (χ1) is 18.0. The summed E-state index contributed by atoms with van der Waals surface area (Å²) in [6.45, 7) is 4.99. The first kappa shape index (κ1) is 24.7. The molecule has 9 heteroatoms. The first-order valence-electron chi connectivity index (χ1n) is 12.4. The summed E-state index contributed by atoms with van der Waals surface area (Å²) in [5.41, 5.74) is 1.90. The van der Waals surface area contributed by atoms with E-state index in [1.54, 1.807) is 24.3 Å². The highest BCUT2D eigenvalue weighted by molar-refractivity contribution is 6.03. The summed E-state index contributed by atoms with van der Waals surface area (Å²) < 4.78 is 19.7. The predicted molar refractivity (Wildman–Crippen MR) is 134 cm³/mol. The molecule has 3 aliphatic heterocycles. The third kappa shape index (κ3) is 4.86. The number of nitrogens with one attached hydrogen (secondary N) is 2. The number of halogens is 1. The average molecular weight is 505 g/mol. The lowest BCUT2D eigenvalue weighted by Crippen LogP contribution is -2.47. The number of benzene rings is 2. The van der Waals surface area contributed by atoms with Gasteiger partial charge in [0.1, 0.15) is 11.9 Å². The molecule has 2 aromatic rings. The maximum absolute atomic E-state index is 14.1. The van der Waals surface area contributed by atoms with Gasteiger partial charge in [0.25, 0.3) is 5.91 Å². The SMILES string of the molecule is C=CCN1C(=O)N[C@H](c2cccc(F)c2)C2=C1CN([C@H](C(=O)NC[C@@H]1CCCO1)c1ccccc1)C2=O. The fourth-order valence-electron chi connectivity index (χ4n) is 5.20. The molecule has 1 saturated heterocycles. The maximum Gasteiger partial charge on any atom is 0.322 e. The second-order valence-electron chi connectivity index (χ2n) is 9.32. The van der Waals surface area contributed by atoms with E-state index in [-0.39, 0.29) is 31.0 Å². The summed E-state index contributed by atoms with van der Waals surface area (Å²) in [4.78, 5) is 43.6. The smallest absolute Gasteiger partial charge is 0.322 e. The molecule has 3 heterocycles. The lowest BCUT2D eigenvalue weighted by molar-refractivity contribution is -0.137. The molecule has 37 heavy (non-hydrogen) atoms. The Morgan fingerprint density at radius 2 is 2.03 bits per heavy atom. The maximum atomic E-state index is 14.1. The van der Waals surface area contributed by atoms with Gasteiger partial charge < -0.3 is 20.3 Å². The monoisotopic (exact) mass is 504 g/mol. The van der Waals surface area contributed by atoms with Gasteiger partial charge in [0.05, 0.1) is 30.0 Å². The minimum atomic E-state index is -0.922. The van der Waals surface area contributed by atoms with Crippen molar-refractivity contribution in [3.63, 3.8) is 0 Å². The lowest BCUT2D eigenvalue weighted by atomic mass is 9.95. The topological polar surface area (TPSA) is 91.0 Å². The molecule has 3 aliphatic rings. The lowest BCUT2D eigenvalue weighted by Gasteiger charge is -2.33. The molecule has 0 bridgehead atoms. The fraction of sp³-hybridized carbons (Fsp3) is 0.321. The van der Waals surface area contributed by atoms with Crippen LogP contribution in [0.5, 0.6) is 0 Å². The zero-order valence-corrected chi connectivity index (χ0v) is 20.4. The molecular weight excluding hydrogens is 475 g/mol. The zero-order chi connectivity index (χ0) is 25.9. The highest BCUT2D eigenvalue weighted by Gasteiger charge is 2.47. The van der Waals surface area contributed by atoms with Gasteiger partial charge >= 0.3 is 6.03 Å². The van der Waals surface area contributed by atoms with Crippen molar-refractivity contribution >= 4 is 17.8 Å². The molecule has 8 nitrogen and oxygen atoms in total. The van der Waals surface area contributed by atoms with Crippen molar-refractivity contribution in [2.45, 2.75) is 31.0 Å². The summed E-state index contributed by atoms with van der Waals surface area (Å²) in [6.07, 6.45) is 3.34. The molecule has 4 amide bonds. The predicted octanol–water partition coefficient (Wildman–Crippen LogP) is 3.21. The van der Waals surface area contributed by atoms with Crippen molar-refractivity contribution < 1.29 is 23.5 Å². The molecule has 0 aromatic heterocycles. The van der Waals surface area contributed by atoms with E-state index in [4.69, 9.17) is 4.74 Å². The summed E-state index contributed by atoms with van der Waals surface area (Å²) in [7, 11) is 0. The summed E-state index contributed by atoms with van der Waals surface area (Å²) in [5, 5.41) is 5.80. The normalized spacial score (nSPS) is 22.1. The largest absolute Gasteiger partial charge is 0.376 e. The number of hydrogen-bond acceptors (Lipinski definition) is 4. The van der Waals surface area contributed by atoms with Gasteiger partial charge in [0.2, 0.25) is 5.91 Å². The number of carbonyl (C=O) groups is 3. The Morgan fingerprint density at radius 1 is 1.22 bits per heavy atom. The van der Waals surface area contributed by atoms with E-state index >= 15 is 0 Å². The average Bonchev–Trinajstić information content (AvgIpc) is 3.54. The second kappa shape index (κ2) is 10.6. The van der Waals surface area contributed by atoms with Gasteiger partial charge in [-0.2, -0.15) is 0 Å². The van der Waals surface area contributed by atoms with Crippen LogP contribution in [-0.4, -0.2) is 60.0 Å². The summed E-state index contributed by atoms with van der Waals surface area (Å²) in [6, 6.07) is 12.7. The molecule has 3 atom stereocenters. The van der Waals surface area contributed by atoms with Gasteiger partial charge in [-0.05, 0) is 36.1 Å². The molecule has 0 unspecified atom stereocenters. The van der Waals surface area contributed by atoms with Crippen LogP contribution in [0.15, 0.2) is 78.5 Å². The van der Waals surface area contributed by atoms with Crippen LogP contribution in [0.4, 0.5) is 9.18 Å². The van der Waals surface area contributed by atoms with E-state index in [0.29, 0.717) is 35.5 Å². The molecule has 0 spiro atoms. The first-order valence-corrected chi connectivity index (χ1v) is 12.4. The number of hydrogen-bond donors (Lipinski definition) is 2. The van der Waals surface area contributed by atoms with Crippen LogP contribution in [0.1, 0.15) is 36.1 Å². The van der Waals surface area contributed by atoms with E-state index < -0.39 is 23.9 Å². The Balaban J connectivity index is 1.50. The Morgan fingerprint density at radius 3 is 2.73 bits per heavy atom. The minimum Gasteiger partial charge on any atom is -0.376 e. The van der Waals surface area contributed by atoms with Crippen LogP contribution in [0, 0.1) is 5.82 Å². The Bertz CT molecular complexity index is 1240. The number of carbonyl (C=O) groups excluding carboxylic acids is 3. The van der Waals surface area contributed by atoms with Crippen molar-refractivity contribution in [2.75, 3.05) is 26.2 Å². The molecule has 0 radical (unpaired) electrons. The molecule has 192 valence electrons. The molecule has 2 N–H and O–H groups in total. The Hall–Kier alpha value is -3.98. The molecule has 2 aromatic carbocycles. The highest BCUT2D eigenvalue weighted by atomic mass is 19.1. The van der Waals surface area contributed by atoms with E-state index in [9.17, 15) is 18.8 Å². The molecule has 0 aliphatic carbocycles. The zero-order valence-electron chi connectivity index (χ0n) is 20.4. The molecule has 5 rings (SSSR count). The van der Waals surface area contributed by atoms with Crippen LogP contribution in [0.2, 0.25) is 0 Å². The van der Waals surface area contributed by atoms with E-state index in [1.807, 2.05) is 18.2 Å². The number of nitrogens with zero attached hydrogens (tertiary/aromatic N) is 2. The Labute approximate surface area is 214 Å². The van der Waals surface area contributed by atoms with Crippen molar-refractivity contribution in [3.05, 3.63) is 95.5 Å². The Kier molecular flexibility index (Phi) is 7.05. The quantitative estimate of drug-likeness (QED) is 0.541. The third-order valence-electron chi connectivity index (χ3n) is 6.95. The van der Waals surface area contributed by atoms with Crippen LogP contribution in [-0.2, 0) is 14.3 Å². The third-order valence-corrected chi connectivity index (χ3v) is 6.95. The van der Waals surface area contributed by atoms with E-state index in [2.05, 4.69) is 17.2 Å². The second-order valence-corrected chi connectivity index (χ2v) is 9.32. The van der Waals surface area contributed by atoms with E-state index in [0.717, 1.165) is 12.8 Å². The van der Waals surface area contributed by atoms with Crippen LogP contribution >= 0.6 is 0 Å². The van der Waals surface area contributed by atoms with Crippen LogP contribution < -0.4 is 10.6 Å². The van der Waals surface area contributed by atoms with Gasteiger partial charge in [0, 0.05) is 19.7 Å². The van der Waals surface area contributed by atoms with Crippen molar-refractivity contribution in [3.8, 4) is 0 Å². The van der Waals surface area contributed by atoms with E-state index in [1.165, 1.54) is 28.0 Å². The van der Waals surface area contributed by atoms with Gasteiger partial charge in [0.15, 0.2) is 0 Å². The molecular formula is C28H29FN4O4. The standard InChI is InChI=1S/C28H29FN4O4/c1-2-13-32-22-17-33(27(35)23(22)24(31-28(32)36)19-10-6-11-20(29)15-19)25(18-8-4-3-5-9-18)26(34)30-16-21-12-7-14-37-21/h2-6,8-11,15,21,24-25H,1,7,12-14,16-17H2,(H,30,34)(H,31,36)/t21-,24+,25-/m0/s1. The van der Waals surface area contributed by atoms with Gasteiger partial charge in [-0.1, -0.05) is 48.5 Å². The number of urea groups is 1. The molecule has 1 fully saturated rings. The number of rotatable bonds is 8. The number of ether oxygens (including phenoxy) is 1.